The zero-order chi connectivity index (χ0) is 9.53. The van der Waals surface area contributed by atoms with Crippen LogP contribution in [-0.2, 0) is 14.6 Å². The van der Waals surface area contributed by atoms with Crippen LogP contribution >= 0.6 is 0 Å². The smallest absolute Gasteiger partial charge is 0.218 e. The van der Waals surface area contributed by atoms with Crippen molar-refractivity contribution < 1.29 is 17.2 Å². The highest BCUT2D eigenvalue weighted by atomic mass is 32.3. The molecular formula is C8H13O4S-. The van der Waals surface area contributed by atoms with Crippen molar-refractivity contribution in [3.8, 4) is 0 Å². The summed E-state index contributed by atoms with van der Waals surface area (Å²) in [6, 6.07) is 0. The second kappa shape index (κ2) is 2.93. The van der Waals surface area contributed by atoms with Crippen molar-refractivity contribution in [2.75, 3.05) is 0 Å². The molecule has 0 aliphatic heterocycles. The molecule has 0 atom stereocenters. The molecule has 0 aromatic rings. The first-order valence-electron chi connectivity index (χ1n) is 4.66. The number of hydrogen-bond acceptors (Lipinski definition) is 4. The van der Waals surface area contributed by atoms with Crippen LogP contribution in [0.25, 0.3) is 0 Å². The molecule has 5 heteroatoms. The van der Waals surface area contributed by atoms with Crippen molar-refractivity contribution in [3.63, 3.8) is 0 Å². The van der Waals surface area contributed by atoms with Crippen LogP contribution in [0, 0.1) is 5.92 Å². The molecule has 0 N–H and O–H groups in total. The Morgan fingerprint density at radius 1 is 1.15 bits per heavy atom. The summed E-state index contributed by atoms with van der Waals surface area (Å²) in [5.74, 6) is 0.736. The van der Waals surface area contributed by atoms with Gasteiger partial charge in [-0.2, -0.15) is 0 Å². The Labute approximate surface area is 78.2 Å². The predicted octanol–water partition coefficient (Wildman–Crippen LogP) is 1.19. The monoisotopic (exact) mass is 205 g/mol. The van der Waals surface area contributed by atoms with Crippen LogP contribution < -0.4 is 0 Å². The Morgan fingerprint density at radius 3 is 2.00 bits per heavy atom. The van der Waals surface area contributed by atoms with Gasteiger partial charge < -0.3 is 4.55 Å². The second-order valence-electron chi connectivity index (χ2n) is 4.16. The molecule has 3 aliphatic rings. The van der Waals surface area contributed by atoms with Gasteiger partial charge in [-0.3, -0.25) is 4.18 Å². The van der Waals surface area contributed by atoms with Crippen LogP contribution in [0.3, 0.4) is 0 Å². The largest absolute Gasteiger partial charge is 0.726 e. The number of hydrogen-bond donors (Lipinski definition) is 0. The quantitative estimate of drug-likeness (QED) is 0.501. The molecule has 13 heavy (non-hydrogen) atoms. The van der Waals surface area contributed by atoms with Gasteiger partial charge in [0.05, 0.1) is 5.60 Å². The molecule has 0 aromatic heterocycles. The molecule has 0 heterocycles. The third kappa shape index (κ3) is 2.03. The lowest BCUT2D eigenvalue weighted by molar-refractivity contribution is -0.0351. The maximum Gasteiger partial charge on any atom is 0.218 e. The van der Waals surface area contributed by atoms with Crippen molar-refractivity contribution in [2.24, 2.45) is 5.92 Å². The zero-order valence-electron chi connectivity index (χ0n) is 7.36. The van der Waals surface area contributed by atoms with E-state index in [-0.39, 0.29) is 0 Å². The van der Waals surface area contributed by atoms with Gasteiger partial charge in [0.2, 0.25) is 10.4 Å². The Balaban J connectivity index is 2.11. The summed E-state index contributed by atoms with van der Waals surface area (Å²) in [6.07, 6.45) is 5.23. The molecule has 0 amide bonds. The maximum absolute atomic E-state index is 10.5. The molecule has 0 saturated heterocycles. The van der Waals surface area contributed by atoms with Gasteiger partial charge in [0, 0.05) is 0 Å². The first-order chi connectivity index (χ1) is 5.99. The second-order valence-corrected chi connectivity index (χ2v) is 5.14. The fourth-order valence-corrected chi connectivity index (χ4v) is 3.23. The lowest BCUT2D eigenvalue weighted by atomic mass is 9.68. The Kier molecular flexibility index (Phi) is 2.13. The fourth-order valence-electron chi connectivity index (χ4n) is 2.55. The van der Waals surface area contributed by atoms with Crippen LogP contribution in [0.1, 0.15) is 38.5 Å². The van der Waals surface area contributed by atoms with E-state index >= 15 is 0 Å². The number of fused-ring (bicyclic) bond motifs is 3. The summed E-state index contributed by atoms with van der Waals surface area (Å²) in [7, 11) is -4.52. The third-order valence-electron chi connectivity index (χ3n) is 3.30. The summed E-state index contributed by atoms with van der Waals surface area (Å²) in [4.78, 5) is 0. The van der Waals surface area contributed by atoms with E-state index in [9.17, 15) is 13.0 Å². The number of rotatable bonds is 2. The topological polar surface area (TPSA) is 66.4 Å². The Bertz CT molecular complexity index is 273. The van der Waals surface area contributed by atoms with Gasteiger partial charge in [-0.15, -0.1) is 0 Å². The first kappa shape index (κ1) is 9.43. The van der Waals surface area contributed by atoms with Crippen LogP contribution in [0.15, 0.2) is 0 Å². The normalized spacial score (nSPS) is 39.3. The van der Waals surface area contributed by atoms with Gasteiger partial charge >= 0.3 is 0 Å². The van der Waals surface area contributed by atoms with Crippen LogP contribution in [0.2, 0.25) is 0 Å². The summed E-state index contributed by atoms with van der Waals surface area (Å²) >= 11 is 0. The average Bonchev–Trinajstić information content (AvgIpc) is 2.03. The molecular weight excluding hydrogens is 192 g/mol. The van der Waals surface area contributed by atoms with Crippen LogP contribution in [0.5, 0.6) is 0 Å². The molecule has 0 unspecified atom stereocenters. The van der Waals surface area contributed by atoms with E-state index < -0.39 is 16.0 Å². The van der Waals surface area contributed by atoms with Crippen molar-refractivity contribution in [2.45, 2.75) is 44.1 Å². The van der Waals surface area contributed by atoms with E-state index in [1.807, 2.05) is 0 Å². The highest BCUT2D eigenvalue weighted by Crippen LogP contribution is 2.46. The summed E-state index contributed by atoms with van der Waals surface area (Å²) in [6.45, 7) is 0. The van der Waals surface area contributed by atoms with E-state index in [4.69, 9.17) is 0 Å². The standard InChI is InChI=1S/C8H14O4S/c9-13(10,11)12-8-4-1-7(2-5-8)3-6-8/h7H,1-6H2,(H,9,10,11)/p-1. The minimum Gasteiger partial charge on any atom is -0.726 e. The van der Waals surface area contributed by atoms with Crippen molar-refractivity contribution in [1.29, 1.82) is 0 Å². The van der Waals surface area contributed by atoms with Gasteiger partial charge in [0.25, 0.3) is 0 Å². The molecule has 3 rings (SSSR count). The van der Waals surface area contributed by atoms with Gasteiger partial charge in [0.15, 0.2) is 0 Å². The molecule has 76 valence electrons. The van der Waals surface area contributed by atoms with Gasteiger partial charge in [0.1, 0.15) is 0 Å². The minimum absolute atomic E-state index is 0.630. The molecule has 0 aromatic carbocycles. The highest BCUT2D eigenvalue weighted by Gasteiger charge is 2.42. The SMILES string of the molecule is O=S(=O)([O-])OC12CCC(CC1)CC2. The van der Waals surface area contributed by atoms with Crippen molar-refractivity contribution in [3.05, 3.63) is 0 Å². The molecule has 3 saturated carbocycles. The van der Waals surface area contributed by atoms with E-state index in [0.717, 1.165) is 44.4 Å². The van der Waals surface area contributed by atoms with Gasteiger partial charge in [-0.25, -0.2) is 8.42 Å². The first-order valence-corrected chi connectivity index (χ1v) is 5.99. The van der Waals surface area contributed by atoms with E-state index in [2.05, 4.69) is 4.18 Å². The molecule has 2 bridgehead atoms. The van der Waals surface area contributed by atoms with E-state index in [0.29, 0.717) is 0 Å². The minimum atomic E-state index is -4.52. The molecule has 0 spiro atoms. The molecule has 3 fully saturated rings. The Morgan fingerprint density at radius 2 is 1.62 bits per heavy atom. The fraction of sp³-hybridized carbons (Fsp3) is 1.00. The molecule has 3 aliphatic carbocycles. The summed E-state index contributed by atoms with van der Waals surface area (Å²) in [5, 5.41) is 0. The lowest BCUT2D eigenvalue weighted by Gasteiger charge is -2.45. The lowest BCUT2D eigenvalue weighted by Crippen LogP contribution is -2.43. The summed E-state index contributed by atoms with van der Waals surface area (Å²) in [5.41, 5.74) is -0.630. The third-order valence-corrected chi connectivity index (χ3v) is 3.86. The highest BCUT2D eigenvalue weighted by molar-refractivity contribution is 7.80. The van der Waals surface area contributed by atoms with E-state index in [1.165, 1.54) is 0 Å². The maximum atomic E-state index is 10.5. The molecule has 4 nitrogen and oxygen atoms in total. The molecule has 0 radical (unpaired) electrons. The van der Waals surface area contributed by atoms with Crippen LogP contribution in [0.4, 0.5) is 0 Å². The Hall–Kier alpha value is -0.130. The van der Waals surface area contributed by atoms with Crippen molar-refractivity contribution >= 4 is 10.4 Å². The summed E-state index contributed by atoms with van der Waals surface area (Å²) < 4.78 is 36.2. The van der Waals surface area contributed by atoms with Crippen LogP contribution in [-0.4, -0.2) is 18.6 Å². The van der Waals surface area contributed by atoms with Gasteiger partial charge in [-0.05, 0) is 44.4 Å². The van der Waals surface area contributed by atoms with E-state index in [1.54, 1.807) is 0 Å². The average molecular weight is 205 g/mol. The predicted molar refractivity (Wildman–Crippen MR) is 44.7 cm³/mol. The zero-order valence-corrected chi connectivity index (χ0v) is 8.18. The van der Waals surface area contributed by atoms with Crippen molar-refractivity contribution in [1.82, 2.24) is 0 Å². The van der Waals surface area contributed by atoms with Gasteiger partial charge in [-0.1, -0.05) is 0 Å².